The molecule has 2 unspecified atom stereocenters. The molecular formula is C18H21N3O2. The van der Waals surface area contributed by atoms with Crippen molar-refractivity contribution in [2.75, 3.05) is 13.2 Å². The summed E-state index contributed by atoms with van der Waals surface area (Å²) in [7, 11) is 0. The van der Waals surface area contributed by atoms with Crippen molar-refractivity contribution in [3.05, 3.63) is 52.8 Å². The fraction of sp³-hybridized carbons (Fsp3) is 0.444. The van der Waals surface area contributed by atoms with Gasteiger partial charge in [0.15, 0.2) is 0 Å². The van der Waals surface area contributed by atoms with E-state index in [2.05, 4.69) is 17.2 Å². The van der Waals surface area contributed by atoms with Crippen molar-refractivity contribution in [1.29, 1.82) is 0 Å². The molecule has 0 spiro atoms. The summed E-state index contributed by atoms with van der Waals surface area (Å²) in [6.07, 6.45) is 1.07. The van der Waals surface area contributed by atoms with Gasteiger partial charge in [-0.15, -0.1) is 0 Å². The third-order valence-electron chi connectivity index (χ3n) is 4.96. The second-order valence-corrected chi connectivity index (χ2v) is 6.48. The highest BCUT2D eigenvalue weighted by atomic mass is 16.5. The molecule has 2 saturated heterocycles. The van der Waals surface area contributed by atoms with E-state index >= 15 is 0 Å². The van der Waals surface area contributed by atoms with Gasteiger partial charge in [0.1, 0.15) is 0 Å². The van der Waals surface area contributed by atoms with Crippen molar-refractivity contribution in [2.24, 2.45) is 0 Å². The third kappa shape index (κ3) is 2.36. The fourth-order valence-electron chi connectivity index (χ4n) is 3.72. The Bertz CT molecular complexity index is 724. The van der Waals surface area contributed by atoms with Crippen molar-refractivity contribution in [3.63, 3.8) is 0 Å². The average molecular weight is 311 g/mol. The zero-order valence-electron chi connectivity index (χ0n) is 13.5. The number of rotatable bonds is 3. The molecule has 5 nitrogen and oxygen atoms in total. The molecule has 2 fully saturated rings. The first kappa shape index (κ1) is 14.5. The number of fused-ring (bicyclic) bond motifs is 2. The van der Waals surface area contributed by atoms with Gasteiger partial charge in [-0.05, 0) is 25.8 Å². The van der Waals surface area contributed by atoms with Gasteiger partial charge in [0, 0.05) is 5.69 Å². The van der Waals surface area contributed by atoms with Crippen LogP contribution in [0.4, 0.5) is 0 Å². The van der Waals surface area contributed by atoms with E-state index in [1.165, 1.54) is 5.56 Å². The van der Waals surface area contributed by atoms with E-state index < -0.39 is 0 Å². The average Bonchev–Trinajstić information content (AvgIpc) is 2.83. The van der Waals surface area contributed by atoms with Gasteiger partial charge in [0.25, 0.3) is 5.91 Å². The Labute approximate surface area is 135 Å². The molecule has 5 heteroatoms. The van der Waals surface area contributed by atoms with Crippen molar-refractivity contribution in [3.8, 4) is 0 Å². The molecule has 4 rings (SSSR count). The lowest BCUT2D eigenvalue weighted by Crippen LogP contribution is -2.65. The Hall–Kier alpha value is -2.14. The van der Waals surface area contributed by atoms with E-state index in [4.69, 9.17) is 4.74 Å². The number of benzene rings is 1. The summed E-state index contributed by atoms with van der Waals surface area (Å²) in [6.45, 7) is 5.93. The van der Waals surface area contributed by atoms with E-state index in [9.17, 15) is 4.79 Å². The van der Waals surface area contributed by atoms with Crippen molar-refractivity contribution in [2.45, 2.75) is 38.9 Å². The molecule has 0 N–H and O–H groups in total. The van der Waals surface area contributed by atoms with E-state index in [0.717, 1.165) is 23.4 Å². The summed E-state index contributed by atoms with van der Waals surface area (Å²) in [4.78, 5) is 15.0. The number of ether oxygens (including phenoxy) is 1. The molecule has 1 amide bonds. The lowest BCUT2D eigenvalue weighted by molar-refractivity contribution is -0.104. The Morgan fingerprint density at radius 2 is 1.91 bits per heavy atom. The van der Waals surface area contributed by atoms with Crippen LogP contribution in [0.5, 0.6) is 0 Å². The van der Waals surface area contributed by atoms with Gasteiger partial charge in [0.2, 0.25) is 0 Å². The molecule has 120 valence electrons. The van der Waals surface area contributed by atoms with Crippen LogP contribution in [0.2, 0.25) is 0 Å². The first-order valence-corrected chi connectivity index (χ1v) is 8.13. The van der Waals surface area contributed by atoms with Gasteiger partial charge in [-0.3, -0.25) is 9.48 Å². The minimum Gasteiger partial charge on any atom is -0.377 e. The highest BCUT2D eigenvalue weighted by Gasteiger charge is 2.46. The Morgan fingerprint density at radius 1 is 1.22 bits per heavy atom. The number of carbonyl (C=O) groups excluding carboxylic acids is 1. The van der Waals surface area contributed by atoms with E-state index in [-0.39, 0.29) is 18.0 Å². The SMILES string of the molecule is Cc1nn(Cc2ccccc2)c(C)c1C(=O)N1C2COCC1C2. The van der Waals surface area contributed by atoms with Crippen LogP contribution >= 0.6 is 0 Å². The molecule has 0 saturated carbocycles. The van der Waals surface area contributed by atoms with Gasteiger partial charge in [0.05, 0.1) is 43.1 Å². The standard InChI is InChI=1S/C18H21N3O2/c1-12-17(18(22)21-15-8-16(21)11-23-10-15)13(2)20(19-12)9-14-6-4-3-5-7-14/h3-7,15-16H,8-11H2,1-2H3. The second kappa shape index (κ2) is 5.49. The van der Waals surface area contributed by atoms with Gasteiger partial charge in [-0.2, -0.15) is 5.10 Å². The normalized spacial score (nSPS) is 22.8. The minimum absolute atomic E-state index is 0.115. The molecule has 1 aromatic heterocycles. The molecule has 1 aromatic carbocycles. The number of nitrogens with zero attached hydrogens (tertiary/aromatic N) is 3. The molecular weight excluding hydrogens is 290 g/mol. The Morgan fingerprint density at radius 3 is 2.57 bits per heavy atom. The van der Waals surface area contributed by atoms with E-state index in [1.54, 1.807) is 0 Å². The summed E-state index contributed by atoms with van der Waals surface area (Å²) in [6, 6.07) is 10.7. The number of morpholine rings is 1. The van der Waals surface area contributed by atoms with Crippen LogP contribution in [-0.4, -0.2) is 45.9 Å². The molecule has 23 heavy (non-hydrogen) atoms. The maximum absolute atomic E-state index is 13.0. The monoisotopic (exact) mass is 311 g/mol. The molecule has 2 bridgehead atoms. The fourth-order valence-corrected chi connectivity index (χ4v) is 3.72. The number of aromatic nitrogens is 2. The lowest BCUT2D eigenvalue weighted by Gasteiger charge is -2.52. The number of aryl methyl sites for hydroxylation is 1. The molecule has 2 aliphatic rings. The summed E-state index contributed by atoms with van der Waals surface area (Å²) >= 11 is 0. The highest BCUT2D eigenvalue weighted by molar-refractivity contribution is 5.97. The zero-order valence-corrected chi connectivity index (χ0v) is 13.5. The molecule has 0 radical (unpaired) electrons. The summed E-state index contributed by atoms with van der Waals surface area (Å²) in [5.41, 5.74) is 3.71. The molecule has 2 aromatic rings. The van der Waals surface area contributed by atoms with Crippen LogP contribution in [0.25, 0.3) is 0 Å². The summed E-state index contributed by atoms with van der Waals surface area (Å²) in [5, 5.41) is 4.60. The number of amides is 1. The van der Waals surface area contributed by atoms with Gasteiger partial charge >= 0.3 is 0 Å². The van der Waals surface area contributed by atoms with Gasteiger partial charge in [-0.1, -0.05) is 30.3 Å². The highest BCUT2D eigenvalue weighted by Crippen LogP contribution is 2.33. The summed E-state index contributed by atoms with van der Waals surface area (Å²) < 4.78 is 7.41. The molecule has 2 aliphatic heterocycles. The van der Waals surface area contributed by atoms with Gasteiger partial charge < -0.3 is 9.64 Å². The van der Waals surface area contributed by atoms with E-state index in [0.29, 0.717) is 19.8 Å². The Kier molecular flexibility index (Phi) is 3.45. The molecule has 2 atom stereocenters. The number of hydrogen-bond acceptors (Lipinski definition) is 3. The van der Waals surface area contributed by atoms with Crippen LogP contribution in [0.1, 0.15) is 33.7 Å². The maximum atomic E-state index is 13.0. The zero-order chi connectivity index (χ0) is 16.0. The number of hydrogen-bond donors (Lipinski definition) is 0. The second-order valence-electron chi connectivity index (χ2n) is 6.48. The van der Waals surface area contributed by atoms with Crippen molar-refractivity contribution < 1.29 is 9.53 Å². The van der Waals surface area contributed by atoms with Crippen LogP contribution in [0, 0.1) is 13.8 Å². The quantitative estimate of drug-likeness (QED) is 0.873. The maximum Gasteiger partial charge on any atom is 0.258 e. The lowest BCUT2D eigenvalue weighted by atomic mass is 9.90. The Balaban J connectivity index is 1.61. The molecule has 3 heterocycles. The predicted molar refractivity (Wildman–Crippen MR) is 86.4 cm³/mol. The minimum atomic E-state index is 0.115. The number of carbonyl (C=O) groups is 1. The first-order valence-electron chi connectivity index (χ1n) is 8.13. The van der Waals surface area contributed by atoms with Crippen LogP contribution < -0.4 is 0 Å². The van der Waals surface area contributed by atoms with Crippen molar-refractivity contribution in [1.82, 2.24) is 14.7 Å². The van der Waals surface area contributed by atoms with Crippen LogP contribution in [0.15, 0.2) is 30.3 Å². The molecule has 0 aliphatic carbocycles. The summed E-state index contributed by atoms with van der Waals surface area (Å²) in [5.74, 6) is 0.115. The van der Waals surface area contributed by atoms with Gasteiger partial charge in [-0.25, -0.2) is 0 Å². The predicted octanol–water partition coefficient (Wildman–Crippen LogP) is 2.16. The smallest absolute Gasteiger partial charge is 0.258 e. The van der Waals surface area contributed by atoms with Crippen molar-refractivity contribution >= 4 is 5.91 Å². The van der Waals surface area contributed by atoms with Crippen LogP contribution in [-0.2, 0) is 11.3 Å². The topological polar surface area (TPSA) is 47.4 Å². The van der Waals surface area contributed by atoms with E-state index in [1.807, 2.05) is 41.6 Å². The van der Waals surface area contributed by atoms with Crippen LogP contribution in [0.3, 0.4) is 0 Å². The third-order valence-corrected chi connectivity index (χ3v) is 4.96. The largest absolute Gasteiger partial charge is 0.377 e. The first-order chi connectivity index (χ1) is 11.1.